The summed E-state index contributed by atoms with van der Waals surface area (Å²) in [7, 11) is 0. The zero-order valence-electron chi connectivity index (χ0n) is 12.1. The van der Waals surface area contributed by atoms with Gasteiger partial charge in [0.1, 0.15) is 0 Å². The van der Waals surface area contributed by atoms with Gasteiger partial charge in [0.2, 0.25) is 0 Å². The molecule has 0 radical (unpaired) electrons. The van der Waals surface area contributed by atoms with E-state index in [9.17, 15) is 5.11 Å². The van der Waals surface area contributed by atoms with Crippen LogP contribution in [0, 0.1) is 5.92 Å². The normalized spacial score (nSPS) is 24.8. The lowest BCUT2D eigenvalue weighted by molar-refractivity contribution is -0.0702. The Labute approximate surface area is 116 Å². The predicted molar refractivity (Wildman–Crippen MR) is 74.1 cm³/mol. The van der Waals surface area contributed by atoms with Crippen LogP contribution in [0.25, 0.3) is 0 Å². The van der Waals surface area contributed by atoms with Gasteiger partial charge in [-0.05, 0) is 18.8 Å². The van der Waals surface area contributed by atoms with E-state index in [-0.39, 0.29) is 0 Å². The molecular formula is C14H28N2O3. The molecular weight excluding hydrogens is 244 g/mol. The molecule has 0 spiro atoms. The highest BCUT2D eigenvalue weighted by molar-refractivity contribution is 4.78. The fourth-order valence-corrected chi connectivity index (χ4v) is 2.87. The van der Waals surface area contributed by atoms with Gasteiger partial charge in [0.15, 0.2) is 0 Å². The fraction of sp³-hybridized carbons (Fsp3) is 1.00. The molecule has 5 nitrogen and oxygen atoms in total. The third kappa shape index (κ3) is 4.68. The van der Waals surface area contributed by atoms with Gasteiger partial charge in [-0.3, -0.25) is 9.80 Å². The number of hydrogen-bond acceptors (Lipinski definition) is 5. The number of hydrogen-bond donors (Lipinski definition) is 1. The molecule has 2 aliphatic heterocycles. The van der Waals surface area contributed by atoms with Gasteiger partial charge >= 0.3 is 0 Å². The number of nitrogens with zero attached hydrogens (tertiary/aromatic N) is 2. The minimum atomic E-state index is 0.291. The Morgan fingerprint density at radius 2 is 1.37 bits per heavy atom. The van der Waals surface area contributed by atoms with E-state index < -0.39 is 0 Å². The second-order valence-electron chi connectivity index (χ2n) is 5.64. The van der Waals surface area contributed by atoms with E-state index in [2.05, 4.69) is 16.7 Å². The molecule has 112 valence electrons. The first-order chi connectivity index (χ1) is 9.31. The van der Waals surface area contributed by atoms with Crippen LogP contribution in [-0.4, -0.2) is 80.3 Å². The van der Waals surface area contributed by atoms with Crippen LogP contribution in [-0.2, 0) is 9.47 Å². The third-order valence-corrected chi connectivity index (χ3v) is 4.16. The molecule has 0 saturated carbocycles. The first-order valence-electron chi connectivity index (χ1n) is 7.55. The molecule has 2 aliphatic rings. The molecule has 0 aromatic heterocycles. The largest absolute Gasteiger partial charge is 0.396 e. The van der Waals surface area contributed by atoms with Gasteiger partial charge in [0, 0.05) is 32.8 Å². The second-order valence-corrected chi connectivity index (χ2v) is 5.64. The minimum absolute atomic E-state index is 0.291. The van der Waals surface area contributed by atoms with Gasteiger partial charge in [-0.2, -0.15) is 0 Å². The Hall–Kier alpha value is -0.200. The Kier molecular flexibility index (Phi) is 6.53. The predicted octanol–water partition coefficient (Wildman–Crippen LogP) is 0.386. The average Bonchev–Trinajstić information content (AvgIpc) is 2.49. The Morgan fingerprint density at radius 1 is 0.895 bits per heavy atom. The maximum atomic E-state index is 9.20. The van der Waals surface area contributed by atoms with Crippen molar-refractivity contribution in [3.05, 3.63) is 0 Å². The molecule has 1 N–H and O–H groups in total. The lowest BCUT2D eigenvalue weighted by atomic mass is 10.0. The summed E-state index contributed by atoms with van der Waals surface area (Å²) in [6.45, 7) is 9.88. The Morgan fingerprint density at radius 3 is 1.79 bits per heavy atom. The van der Waals surface area contributed by atoms with E-state index in [4.69, 9.17) is 9.47 Å². The Balaban J connectivity index is 1.90. The molecule has 2 heterocycles. The topological polar surface area (TPSA) is 45.2 Å². The quantitative estimate of drug-likeness (QED) is 0.757. The second kappa shape index (κ2) is 8.17. The van der Waals surface area contributed by atoms with Gasteiger partial charge in [-0.15, -0.1) is 0 Å². The molecule has 0 bridgehead atoms. The summed E-state index contributed by atoms with van der Waals surface area (Å²) in [5, 5.41) is 9.20. The summed E-state index contributed by atoms with van der Waals surface area (Å²) in [4.78, 5) is 5.08. The highest BCUT2D eigenvalue weighted by Crippen LogP contribution is 2.18. The average molecular weight is 272 g/mol. The fourth-order valence-electron chi connectivity index (χ4n) is 2.87. The lowest BCUT2D eigenvalue weighted by Crippen LogP contribution is -2.55. The summed E-state index contributed by atoms with van der Waals surface area (Å²) in [6.07, 6.45) is 2.69. The molecule has 1 unspecified atom stereocenters. The van der Waals surface area contributed by atoms with Crippen molar-refractivity contribution in [3.63, 3.8) is 0 Å². The van der Waals surface area contributed by atoms with Crippen LogP contribution < -0.4 is 0 Å². The minimum Gasteiger partial charge on any atom is -0.396 e. The first-order valence-corrected chi connectivity index (χ1v) is 7.55. The van der Waals surface area contributed by atoms with Crippen LogP contribution >= 0.6 is 0 Å². The van der Waals surface area contributed by atoms with Crippen molar-refractivity contribution >= 4 is 0 Å². The van der Waals surface area contributed by atoms with Crippen LogP contribution in [0.3, 0.4) is 0 Å². The summed E-state index contributed by atoms with van der Waals surface area (Å²) in [5.74, 6) is 0.393. The molecule has 0 aliphatic carbocycles. The number of aliphatic hydroxyl groups excluding tert-OH is 1. The van der Waals surface area contributed by atoms with Gasteiger partial charge in [-0.1, -0.05) is 6.92 Å². The Bertz CT molecular complexity index is 223. The highest BCUT2D eigenvalue weighted by atomic mass is 16.5. The molecule has 19 heavy (non-hydrogen) atoms. The summed E-state index contributed by atoms with van der Waals surface area (Å²) in [6, 6.07) is 0. The van der Waals surface area contributed by atoms with Gasteiger partial charge in [0.05, 0.1) is 32.6 Å². The molecule has 0 aromatic carbocycles. The van der Waals surface area contributed by atoms with Crippen molar-refractivity contribution in [3.8, 4) is 0 Å². The summed E-state index contributed by atoms with van der Waals surface area (Å²) in [5.41, 5.74) is 0. The van der Waals surface area contributed by atoms with Crippen LogP contribution in [0.1, 0.15) is 19.8 Å². The van der Waals surface area contributed by atoms with Crippen LogP contribution in [0.2, 0.25) is 0 Å². The number of ether oxygens (including phenoxy) is 2. The first kappa shape index (κ1) is 15.2. The molecule has 5 heteroatoms. The van der Waals surface area contributed by atoms with E-state index in [1.807, 2.05) is 0 Å². The van der Waals surface area contributed by atoms with E-state index in [0.717, 1.165) is 65.4 Å². The van der Waals surface area contributed by atoms with E-state index in [1.165, 1.54) is 0 Å². The van der Waals surface area contributed by atoms with Gasteiger partial charge < -0.3 is 14.6 Å². The summed E-state index contributed by atoms with van der Waals surface area (Å²) < 4.78 is 10.9. The summed E-state index contributed by atoms with van der Waals surface area (Å²) >= 11 is 0. The number of aliphatic hydroxyl groups is 1. The molecule has 2 rings (SSSR count). The smallest absolute Gasteiger partial charge is 0.0625 e. The standard InChI is InChI=1S/C14H28N2O3/c1-13(12-17)2-3-14(15-4-8-18-9-5-15)16-6-10-19-11-7-16/h13-14,17H,2-12H2,1H3. The van der Waals surface area contributed by atoms with Crippen molar-refractivity contribution in [1.82, 2.24) is 9.80 Å². The maximum Gasteiger partial charge on any atom is 0.0625 e. The van der Waals surface area contributed by atoms with E-state index in [0.29, 0.717) is 18.7 Å². The zero-order valence-corrected chi connectivity index (χ0v) is 12.1. The van der Waals surface area contributed by atoms with Crippen molar-refractivity contribution in [2.75, 3.05) is 59.2 Å². The number of morpholine rings is 2. The van der Waals surface area contributed by atoms with Crippen LogP contribution in [0.15, 0.2) is 0 Å². The molecule has 0 aromatic rings. The maximum absolute atomic E-state index is 9.20. The molecule has 0 amide bonds. The van der Waals surface area contributed by atoms with Crippen molar-refractivity contribution in [1.29, 1.82) is 0 Å². The van der Waals surface area contributed by atoms with E-state index >= 15 is 0 Å². The van der Waals surface area contributed by atoms with Crippen molar-refractivity contribution < 1.29 is 14.6 Å². The van der Waals surface area contributed by atoms with Crippen molar-refractivity contribution in [2.45, 2.75) is 25.9 Å². The third-order valence-electron chi connectivity index (χ3n) is 4.16. The monoisotopic (exact) mass is 272 g/mol. The lowest BCUT2D eigenvalue weighted by Gasteiger charge is -2.43. The zero-order chi connectivity index (χ0) is 13.5. The molecule has 1 atom stereocenters. The van der Waals surface area contributed by atoms with Crippen molar-refractivity contribution in [2.24, 2.45) is 5.92 Å². The van der Waals surface area contributed by atoms with Crippen LogP contribution in [0.4, 0.5) is 0 Å². The van der Waals surface area contributed by atoms with E-state index in [1.54, 1.807) is 0 Å². The molecule has 2 fully saturated rings. The van der Waals surface area contributed by atoms with Gasteiger partial charge in [0.25, 0.3) is 0 Å². The highest BCUT2D eigenvalue weighted by Gasteiger charge is 2.28. The SMILES string of the molecule is CC(CO)CCC(N1CCOCC1)N1CCOCC1. The number of rotatable bonds is 6. The van der Waals surface area contributed by atoms with Gasteiger partial charge in [-0.25, -0.2) is 0 Å². The molecule has 2 saturated heterocycles. The van der Waals surface area contributed by atoms with Crippen LogP contribution in [0.5, 0.6) is 0 Å².